The minimum absolute atomic E-state index is 0.122. The first-order valence-corrected chi connectivity index (χ1v) is 5.04. The SMILES string of the molecule is Cn1ncc([N+](=O)[O-])c1C1(C(=O)O)CC(N)C1. The molecule has 8 heteroatoms. The van der Waals surface area contributed by atoms with Crippen molar-refractivity contribution in [3.63, 3.8) is 0 Å². The summed E-state index contributed by atoms with van der Waals surface area (Å²) in [5, 5.41) is 23.9. The van der Waals surface area contributed by atoms with E-state index in [-0.39, 0.29) is 30.3 Å². The zero-order valence-electron chi connectivity index (χ0n) is 9.16. The van der Waals surface area contributed by atoms with Gasteiger partial charge in [-0.3, -0.25) is 19.6 Å². The number of aryl methyl sites for hydroxylation is 1. The van der Waals surface area contributed by atoms with E-state index in [9.17, 15) is 20.0 Å². The second-order valence-electron chi connectivity index (χ2n) is 4.31. The fraction of sp³-hybridized carbons (Fsp3) is 0.556. The van der Waals surface area contributed by atoms with Gasteiger partial charge in [-0.05, 0) is 12.8 Å². The van der Waals surface area contributed by atoms with Crippen LogP contribution in [0.15, 0.2) is 6.20 Å². The summed E-state index contributed by atoms with van der Waals surface area (Å²) in [6.07, 6.45) is 1.47. The molecule has 1 aromatic heterocycles. The van der Waals surface area contributed by atoms with E-state index in [0.29, 0.717) is 0 Å². The lowest BCUT2D eigenvalue weighted by atomic mass is 9.63. The van der Waals surface area contributed by atoms with Crippen LogP contribution in [0.25, 0.3) is 0 Å². The van der Waals surface area contributed by atoms with Crippen molar-refractivity contribution in [2.45, 2.75) is 24.3 Å². The van der Waals surface area contributed by atoms with Gasteiger partial charge in [-0.15, -0.1) is 0 Å². The summed E-state index contributed by atoms with van der Waals surface area (Å²) in [6.45, 7) is 0. The Morgan fingerprint density at radius 3 is 2.76 bits per heavy atom. The zero-order chi connectivity index (χ0) is 12.8. The molecular formula is C9H12N4O4. The van der Waals surface area contributed by atoms with E-state index in [2.05, 4.69) is 5.10 Å². The number of nitrogens with two attached hydrogens (primary N) is 1. The Hall–Kier alpha value is -1.96. The second kappa shape index (κ2) is 3.52. The third-order valence-electron chi connectivity index (χ3n) is 3.20. The number of aromatic nitrogens is 2. The van der Waals surface area contributed by atoms with Gasteiger partial charge in [0.2, 0.25) is 0 Å². The second-order valence-corrected chi connectivity index (χ2v) is 4.31. The lowest BCUT2D eigenvalue weighted by Gasteiger charge is -2.41. The average Bonchev–Trinajstić information content (AvgIpc) is 2.55. The Kier molecular flexibility index (Phi) is 2.39. The number of hydrogen-bond acceptors (Lipinski definition) is 5. The molecule has 1 aliphatic rings. The third kappa shape index (κ3) is 1.48. The van der Waals surface area contributed by atoms with Crippen molar-refractivity contribution in [2.75, 3.05) is 0 Å². The van der Waals surface area contributed by atoms with Crippen LogP contribution in [-0.4, -0.2) is 31.8 Å². The first-order chi connectivity index (χ1) is 7.88. The summed E-state index contributed by atoms with van der Waals surface area (Å²) in [5.74, 6) is -1.09. The Balaban J connectivity index is 2.55. The van der Waals surface area contributed by atoms with E-state index in [1.807, 2.05) is 0 Å². The highest BCUT2D eigenvalue weighted by molar-refractivity contribution is 5.84. The first-order valence-electron chi connectivity index (χ1n) is 5.04. The van der Waals surface area contributed by atoms with Crippen molar-refractivity contribution >= 4 is 11.7 Å². The smallest absolute Gasteiger partial charge is 0.316 e. The van der Waals surface area contributed by atoms with E-state index in [1.165, 1.54) is 11.7 Å². The van der Waals surface area contributed by atoms with Gasteiger partial charge in [-0.25, -0.2) is 0 Å². The van der Waals surface area contributed by atoms with Crippen LogP contribution in [0.4, 0.5) is 5.69 Å². The molecule has 0 saturated heterocycles. The molecule has 1 saturated carbocycles. The van der Waals surface area contributed by atoms with Crippen LogP contribution in [0.2, 0.25) is 0 Å². The first kappa shape index (κ1) is 11.5. The highest BCUT2D eigenvalue weighted by Gasteiger charge is 2.55. The highest BCUT2D eigenvalue weighted by atomic mass is 16.6. The van der Waals surface area contributed by atoms with Gasteiger partial charge in [-0.2, -0.15) is 5.10 Å². The van der Waals surface area contributed by atoms with Crippen molar-refractivity contribution in [3.05, 3.63) is 22.0 Å². The van der Waals surface area contributed by atoms with E-state index in [0.717, 1.165) is 6.20 Å². The van der Waals surface area contributed by atoms with Gasteiger partial charge in [0, 0.05) is 13.1 Å². The van der Waals surface area contributed by atoms with Crippen LogP contribution in [0.5, 0.6) is 0 Å². The molecule has 92 valence electrons. The molecule has 0 spiro atoms. The fourth-order valence-corrected chi connectivity index (χ4v) is 2.42. The molecule has 0 aromatic carbocycles. The number of carboxylic acids is 1. The maximum absolute atomic E-state index is 11.4. The Labute approximate surface area is 96.2 Å². The van der Waals surface area contributed by atoms with Crippen molar-refractivity contribution in [2.24, 2.45) is 12.8 Å². The maximum Gasteiger partial charge on any atom is 0.316 e. The van der Waals surface area contributed by atoms with Gasteiger partial charge in [0.05, 0.1) is 4.92 Å². The minimum Gasteiger partial charge on any atom is -0.481 e. The summed E-state index contributed by atoms with van der Waals surface area (Å²) < 4.78 is 1.25. The number of carbonyl (C=O) groups is 1. The largest absolute Gasteiger partial charge is 0.481 e. The number of nitrogens with zero attached hydrogens (tertiary/aromatic N) is 3. The van der Waals surface area contributed by atoms with Crippen molar-refractivity contribution in [3.8, 4) is 0 Å². The molecule has 3 N–H and O–H groups in total. The lowest BCUT2D eigenvalue weighted by Crippen LogP contribution is -2.55. The zero-order valence-corrected chi connectivity index (χ0v) is 9.16. The standard InChI is InChI=1S/C9H12N4O4/c1-12-7(6(4-11-12)13(16)17)9(8(14)15)2-5(10)3-9/h4-5H,2-3,10H2,1H3,(H,14,15). The number of aliphatic carboxylic acids is 1. The van der Waals surface area contributed by atoms with Crippen molar-refractivity contribution in [1.29, 1.82) is 0 Å². The molecule has 1 aliphatic carbocycles. The minimum atomic E-state index is -1.27. The number of rotatable bonds is 3. The van der Waals surface area contributed by atoms with E-state index in [1.54, 1.807) is 0 Å². The Morgan fingerprint density at radius 1 is 1.76 bits per heavy atom. The highest BCUT2D eigenvalue weighted by Crippen LogP contribution is 2.46. The number of nitro groups is 1. The maximum atomic E-state index is 11.4. The van der Waals surface area contributed by atoms with Crippen molar-refractivity contribution in [1.82, 2.24) is 9.78 Å². The monoisotopic (exact) mass is 240 g/mol. The van der Waals surface area contributed by atoms with Crippen molar-refractivity contribution < 1.29 is 14.8 Å². The summed E-state index contributed by atoms with van der Waals surface area (Å²) in [6, 6.07) is -0.236. The third-order valence-corrected chi connectivity index (χ3v) is 3.20. The Bertz CT molecular complexity index is 489. The predicted octanol–water partition coefficient (Wildman–Crippen LogP) is -0.228. The van der Waals surface area contributed by atoms with Crippen LogP contribution in [0.1, 0.15) is 18.5 Å². The number of carboxylic acid groups (broad SMARTS) is 1. The van der Waals surface area contributed by atoms with Gasteiger partial charge in [0.15, 0.2) is 0 Å². The van der Waals surface area contributed by atoms with Crippen LogP contribution in [-0.2, 0) is 17.3 Å². The summed E-state index contributed by atoms with van der Waals surface area (Å²) in [5.41, 5.74) is 4.20. The molecule has 0 amide bonds. The van der Waals surface area contributed by atoms with Gasteiger partial charge in [-0.1, -0.05) is 0 Å². The topological polar surface area (TPSA) is 124 Å². The molecule has 2 rings (SSSR count). The van der Waals surface area contributed by atoms with E-state index >= 15 is 0 Å². The summed E-state index contributed by atoms with van der Waals surface area (Å²) >= 11 is 0. The van der Waals surface area contributed by atoms with Crippen LogP contribution < -0.4 is 5.73 Å². The van der Waals surface area contributed by atoms with Crippen LogP contribution >= 0.6 is 0 Å². The molecule has 0 radical (unpaired) electrons. The normalized spacial score (nSPS) is 27.5. The van der Waals surface area contributed by atoms with E-state index < -0.39 is 16.3 Å². The van der Waals surface area contributed by atoms with Crippen LogP contribution in [0.3, 0.4) is 0 Å². The molecular weight excluding hydrogens is 228 g/mol. The average molecular weight is 240 g/mol. The Morgan fingerprint density at radius 2 is 2.35 bits per heavy atom. The molecule has 0 aliphatic heterocycles. The molecule has 1 heterocycles. The van der Waals surface area contributed by atoms with Gasteiger partial charge in [0.1, 0.15) is 17.3 Å². The fourth-order valence-electron chi connectivity index (χ4n) is 2.42. The van der Waals surface area contributed by atoms with Gasteiger partial charge >= 0.3 is 11.7 Å². The molecule has 0 unspecified atom stereocenters. The summed E-state index contributed by atoms with van der Waals surface area (Å²) in [4.78, 5) is 21.6. The van der Waals surface area contributed by atoms with Gasteiger partial charge in [0.25, 0.3) is 0 Å². The molecule has 1 aromatic rings. The molecule has 1 fully saturated rings. The molecule has 0 bridgehead atoms. The van der Waals surface area contributed by atoms with E-state index in [4.69, 9.17) is 5.73 Å². The van der Waals surface area contributed by atoms with Crippen LogP contribution in [0, 0.1) is 10.1 Å². The molecule has 8 nitrogen and oxygen atoms in total. The quantitative estimate of drug-likeness (QED) is 0.555. The lowest BCUT2D eigenvalue weighted by molar-refractivity contribution is -0.386. The predicted molar refractivity (Wildman–Crippen MR) is 56.4 cm³/mol. The molecule has 0 atom stereocenters. The number of hydrogen-bond donors (Lipinski definition) is 2. The molecule has 17 heavy (non-hydrogen) atoms. The summed E-state index contributed by atoms with van der Waals surface area (Å²) in [7, 11) is 1.50. The van der Waals surface area contributed by atoms with Gasteiger partial charge < -0.3 is 10.8 Å².